The fourth-order valence-corrected chi connectivity index (χ4v) is 4.43. The summed E-state index contributed by atoms with van der Waals surface area (Å²) in [7, 11) is 0. The Hall–Kier alpha value is -3.23. The van der Waals surface area contributed by atoms with Gasteiger partial charge in [0, 0.05) is 23.8 Å². The number of hydrogen-bond acceptors (Lipinski definition) is 6. The van der Waals surface area contributed by atoms with Crippen LogP contribution in [0.15, 0.2) is 59.9 Å². The number of aromatic nitrogens is 2. The minimum absolute atomic E-state index is 0.195. The lowest BCUT2D eigenvalue weighted by molar-refractivity contribution is -0.118. The van der Waals surface area contributed by atoms with Crippen molar-refractivity contribution in [2.24, 2.45) is 0 Å². The molecule has 8 heteroatoms. The lowest BCUT2D eigenvalue weighted by Crippen LogP contribution is -2.16. The van der Waals surface area contributed by atoms with Gasteiger partial charge in [0.2, 0.25) is 0 Å². The molecule has 0 unspecified atom stereocenters. The molecule has 3 N–H and O–H groups in total. The van der Waals surface area contributed by atoms with E-state index in [-0.39, 0.29) is 5.91 Å². The standard InChI is InChI=1S/C23H22N4O3S/c28-13-21(29)27-20-11-15(8-10-24-20)14-31-23-19(5-2-9-25-23)22(30)26-18-7-6-16-3-1-4-17(16)12-18/h2,5-12,28H,1,3-4,13-14H2,(H,26,30)(H,24,27,29). The van der Waals surface area contributed by atoms with Crippen LogP contribution in [-0.2, 0) is 23.4 Å². The average molecular weight is 435 g/mol. The number of thioether (sulfide) groups is 1. The van der Waals surface area contributed by atoms with Gasteiger partial charge in [-0.1, -0.05) is 6.07 Å². The number of aryl methyl sites for hydroxylation is 2. The molecular weight excluding hydrogens is 412 g/mol. The summed E-state index contributed by atoms with van der Waals surface area (Å²) >= 11 is 1.43. The molecule has 1 aliphatic carbocycles. The third kappa shape index (κ3) is 5.28. The molecule has 0 saturated carbocycles. The number of anilines is 2. The van der Waals surface area contributed by atoms with E-state index in [1.54, 1.807) is 30.6 Å². The van der Waals surface area contributed by atoms with Gasteiger partial charge >= 0.3 is 0 Å². The first-order valence-electron chi connectivity index (χ1n) is 9.99. The second-order valence-corrected chi connectivity index (χ2v) is 8.16. The first-order valence-corrected chi connectivity index (χ1v) is 11.0. The number of amides is 2. The number of aliphatic hydroxyl groups excluding tert-OH is 1. The Morgan fingerprint density at radius 3 is 2.74 bits per heavy atom. The molecule has 0 radical (unpaired) electrons. The van der Waals surface area contributed by atoms with Crippen molar-refractivity contribution in [2.75, 3.05) is 17.2 Å². The number of nitrogens with one attached hydrogen (secondary N) is 2. The van der Waals surface area contributed by atoms with E-state index in [4.69, 9.17) is 5.11 Å². The van der Waals surface area contributed by atoms with E-state index < -0.39 is 12.5 Å². The van der Waals surface area contributed by atoms with Crippen molar-refractivity contribution in [1.82, 2.24) is 9.97 Å². The fourth-order valence-electron chi connectivity index (χ4n) is 3.49. The maximum absolute atomic E-state index is 12.9. The van der Waals surface area contributed by atoms with Crippen molar-refractivity contribution in [3.63, 3.8) is 0 Å². The Labute approximate surface area is 184 Å². The van der Waals surface area contributed by atoms with Crippen molar-refractivity contribution in [2.45, 2.75) is 30.0 Å². The van der Waals surface area contributed by atoms with Crippen LogP contribution in [0.2, 0.25) is 0 Å². The van der Waals surface area contributed by atoms with Crippen LogP contribution in [0.3, 0.4) is 0 Å². The van der Waals surface area contributed by atoms with Crippen LogP contribution < -0.4 is 10.6 Å². The third-order valence-corrected chi connectivity index (χ3v) is 6.06. The molecule has 7 nitrogen and oxygen atoms in total. The van der Waals surface area contributed by atoms with E-state index in [9.17, 15) is 9.59 Å². The van der Waals surface area contributed by atoms with Crippen molar-refractivity contribution >= 4 is 35.1 Å². The van der Waals surface area contributed by atoms with Crippen LogP contribution in [0.4, 0.5) is 11.5 Å². The molecule has 0 aliphatic heterocycles. The number of carbonyl (C=O) groups excluding carboxylic acids is 2. The molecule has 158 valence electrons. The summed E-state index contributed by atoms with van der Waals surface area (Å²) in [6, 6.07) is 13.2. The summed E-state index contributed by atoms with van der Waals surface area (Å²) < 4.78 is 0. The van der Waals surface area contributed by atoms with Crippen molar-refractivity contribution in [1.29, 1.82) is 0 Å². The Bertz CT molecular complexity index is 1120. The van der Waals surface area contributed by atoms with Gasteiger partial charge in [0.25, 0.3) is 11.8 Å². The number of pyridine rings is 2. The maximum atomic E-state index is 12.9. The number of fused-ring (bicyclic) bond motifs is 1. The number of aliphatic hydroxyl groups is 1. The second-order valence-electron chi connectivity index (χ2n) is 7.19. The van der Waals surface area contributed by atoms with Gasteiger partial charge in [-0.3, -0.25) is 9.59 Å². The highest BCUT2D eigenvalue weighted by Crippen LogP contribution is 2.27. The van der Waals surface area contributed by atoms with Gasteiger partial charge < -0.3 is 15.7 Å². The first kappa shape index (κ1) is 21.0. The van der Waals surface area contributed by atoms with Gasteiger partial charge in [-0.15, -0.1) is 11.8 Å². The third-order valence-electron chi connectivity index (χ3n) is 4.98. The summed E-state index contributed by atoms with van der Waals surface area (Å²) in [5, 5.41) is 15.0. The minimum Gasteiger partial charge on any atom is -0.387 e. The quantitative estimate of drug-likeness (QED) is 0.492. The largest absolute Gasteiger partial charge is 0.387 e. The van der Waals surface area contributed by atoms with Crippen molar-refractivity contribution < 1.29 is 14.7 Å². The zero-order valence-electron chi connectivity index (χ0n) is 16.8. The van der Waals surface area contributed by atoms with Gasteiger partial charge in [0.15, 0.2) is 0 Å². The molecule has 1 aromatic carbocycles. The summed E-state index contributed by atoms with van der Waals surface area (Å²) in [6.07, 6.45) is 6.57. The topological polar surface area (TPSA) is 104 Å². The van der Waals surface area contributed by atoms with E-state index >= 15 is 0 Å². The molecule has 3 aromatic rings. The monoisotopic (exact) mass is 434 g/mol. The van der Waals surface area contributed by atoms with Gasteiger partial charge in [-0.25, -0.2) is 9.97 Å². The molecule has 2 heterocycles. The summed E-state index contributed by atoms with van der Waals surface area (Å²) in [6.45, 7) is -0.600. The Balaban J connectivity index is 1.44. The Morgan fingerprint density at radius 2 is 1.87 bits per heavy atom. The van der Waals surface area contributed by atoms with Crippen LogP contribution in [-0.4, -0.2) is 33.5 Å². The lowest BCUT2D eigenvalue weighted by atomic mass is 10.1. The SMILES string of the molecule is O=C(CO)Nc1cc(CSc2ncccc2C(=O)Nc2ccc3c(c2)CCC3)ccn1. The summed E-state index contributed by atoms with van der Waals surface area (Å²) in [4.78, 5) is 32.7. The smallest absolute Gasteiger partial charge is 0.258 e. The molecule has 0 saturated heterocycles. The number of rotatable bonds is 7. The van der Waals surface area contributed by atoms with Gasteiger partial charge in [-0.05, 0) is 72.4 Å². The lowest BCUT2D eigenvalue weighted by Gasteiger charge is -2.11. The minimum atomic E-state index is -0.600. The molecule has 2 aromatic heterocycles. The average Bonchev–Trinajstić information content (AvgIpc) is 3.26. The molecular formula is C23H22N4O3S. The normalized spacial score (nSPS) is 12.3. The zero-order valence-corrected chi connectivity index (χ0v) is 17.6. The van der Waals surface area contributed by atoms with Crippen molar-refractivity contribution in [3.8, 4) is 0 Å². The zero-order chi connectivity index (χ0) is 21.6. The maximum Gasteiger partial charge on any atom is 0.258 e. The predicted octanol–water partition coefficient (Wildman–Crippen LogP) is 3.44. The molecule has 2 amide bonds. The molecule has 0 bridgehead atoms. The predicted molar refractivity (Wildman–Crippen MR) is 120 cm³/mol. The fraction of sp³-hybridized carbons (Fsp3) is 0.217. The number of hydrogen-bond donors (Lipinski definition) is 3. The number of carbonyl (C=O) groups is 2. The van der Waals surface area contributed by atoms with Crippen molar-refractivity contribution in [3.05, 3.63) is 77.1 Å². The Morgan fingerprint density at radius 1 is 1.00 bits per heavy atom. The van der Waals surface area contributed by atoms with Gasteiger partial charge in [0.05, 0.1) is 5.56 Å². The van der Waals surface area contributed by atoms with Crippen LogP contribution in [0.1, 0.15) is 33.5 Å². The van der Waals surface area contributed by atoms with E-state index in [1.165, 1.54) is 22.9 Å². The first-order chi connectivity index (χ1) is 15.1. The van der Waals surface area contributed by atoms with Crippen LogP contribution in [0.5, 0.6) is 0 Å². The van der Waals surface area contributed by atoms with E-state index in [0.29, 0.717) is 22.2 Å². The second kappa shape index (κ2) is 9.72. The van der Waals surface area contributed by atoms with E-state index in [0.717, 1.165) is 30.5 Å². The summed E-state index contributed by atoms with van der Waals surface area (Å²) in [5.74, 6) is 0.195. The Kier molecular flexibility index (Phi) is 6.59. The van der Waals surface area contributed by atoms with Gasteiger partial charge in [0.1, 0.15) is 17.5 Å². The molecule has 1 aliphatic rings. The highest BCUT2D eigenvalue weighted by atomic mass is 32.2. The molecule has 31 heavy (non-hydrogen) atoms. The van der Waals surface area contributed by atoms with Gasteiger partial charge in [-0.2, -0.15) is 0 Å². The molecule has 0 atom stereocenters. The highest BCUT2D eigenvalue weighted by molar-refractivity contribution is 7.98. The van der Waals surface area contributed by atoms with E-state index in [1.807, 2.05) is 12.1 Å². The molecule has 4 rings (SSSR count). The molecule has 0 spiro atoms. The van der Waals surface area contributed by atoms with E-state index in [2.05, 4.69) is 32.7 Å². The number of benzene rings is 1. The van der Waals surface area contributed by atoms with Crippen LogP contribution >= 0.6 is 11.8 Å². The summed E-state index contributed by atoms with van der Waals surface area (Å²) in [5.41, 5.74) is 4.88. The number of nitrogens with zero attached hydrogens (tertiary/aromatic N) is 2. The molecule has 0 fully saturated rings. The highest BCUT2D eigenvalue weighted by Gasteiger charge is 2.16. The van der Waals surface area contributed by atoms with Crippen LogP contribution in [0, 0.1) is 0 Å². The van der Waals surface area contributed by atoms with Crippen LogP contribution in [0.25, 0.3) is 0 Å².